The topological polar surface area (TPSA) is 38.7 Å². The van der Waals surface area contributed by atoms with Crippen molar-refractivity contribution in [3.05, 3.63) is 188 Å². The molecule has 50 heavy (non-hydrogen) atoms. The molecule has 3 heteroatoms. The Morgan fingerprint density at radius 2 is 0.620 bits per heavy atom. The highest BCUT2D eigenvalue weighted by Gasteiger charge is 2.19. The molecular formula is C47H31N3. The summed E-state index contributed by atoms with van der Waals surface area (Å²) in [7, 11) is 0. The van der Waals surface area contributed by atoms with E-state index in [2.05, 4.69) is 158 Å². The fraction of sp³-hybridized carbons (Fsp3) is 0. The van der Waals surface area contributed by atoms with Gasteiger partial charge in [0.05, 0.1) is 0 Å². The molecule has 0 saturated heterocycles. The Morgan fingerprint density at radius 3 is 1.20 bits per heavy atom. The van der Waals surface area contributed by atoms with Crippen LogP contribution in [0.2, 0.25) is 0 Å². The Balaban J connectivity index is 1.26. The summed E-state index contributed by atoms with van der Waals surface area (Å²) >= 11 is 0. The van der Waals surface area contributed by atoms with Gasteiger partial charge in [-0.25, -0.2) is 15.0 Å². The van der Waals surface area contributed by atoms with Gasteiger partial charge in [-0.15, -0.1) is 0 Å². The molecule has 9 aromatic rings. The van der Waals surface area contributed by atoms with Crippen LogP contribution in [0.25, 0.3) is 89.1 Å². The fourth-order valence-corrected chi connectivity index (χ4v) is 7.06. The second-order valence-electron chi connectivity index (χ2n) is 12.4. The third-order valence-corrected chi connectivity index (χ3v) is 9.32. The molecule has 0 spiro atoms. The van der Waals surface area contributed by atoms with Crippen molar-refractivity contribution in [3.63, 3.8) is 0 Å². The number of rotatable bonds is 6. The van der Waals surface area contributed by atoms with Gasteiger partial charge in [0.25, 0.3) is 0 Å². The van der Waals surface area contributed by atoms with Crippen LogP contribution in [0.5, 0.6) is 0 Å². The third kappa shape index (κ3) is 5.32. The maximum Gasteiger partial charge on any atom is 0.164 e. The van der Waals surface area contributed by atoms with Gasteiger partial charge in [0, 0.05) is 16.7 Å². The highest BCUT2D eigenvalue weighted by atomic mass is 15.0. The van der Waals surface area contributed by atoms with Crippen molar-refractivity contribution < 1.29 is 0 Å². The number of nitrogens with zero attached hydrogens (tertiary/aromatic N) is 3. The van der Waals surface area contributed by atoms with Gasteiger partial charge in [-0.2, -0.15) is 0 Å². The molecule has 0 aliphatic carbocycles. The second kappa shape index (κ2) is 12.7. The van der Waals surface area contributed by atoms with Gasteiger partial charge in [0.2, 0.25) is 0 Å². The SMILES string of the molecule is c1ccc(-c2nc(-c3cccc(-c4c5ccccc5c(-c5ccccc5)c5ccccc45)c3)nc(-c3ccccc3-c3ccccc3)n2)cc1. The first-order chi connectivity index (χ1) is 24.8. The minimum absolute atomic E-state index is 0.632. The Hall–Kier alpha value is -6.71. The summed E-state index contributed by atoms with van der Waals surface area (Å²) in [5, 5.41) is 4.87. The van der Waals surface area contributed by atoms with E-state index in [0.29, 0.717) is 17.5 Å². The van der Waals surface area contributed by atoms with E-state index in [-0.39, 0.29) is 0 Å². The standard InChI is InChI=1S/C47H31N3/c1-4-17-32(18-5-1)37-25-10-15-30-42(37)47-49-45(34-21-8-3-9-22-34)48-46(50-47)36-24-16-23-35(31-36)44-40-28-13-11-26-38(40)43(33-19-6-2-7-20-33)39-27-12-14-29-41(39)44/h1-31H. The van der Waals surface area contributed by atoms with E-state index in [1.54, 1.807) is 0 Å². The van der Waals surface area contributed by atoms with Crippen LogP contribution < -0.4 is 0 Å². The van der Waals surface area contributed by atoms with Crippen LogP contribution in [0.3, 0.4) is 0 Å². The highest BCUT2D eigenvalue weighted by molar-refractivity contribution is 6.21. The summed E-state index contributed by atoms with van der Waals surface area (Å²) in [6, 6.07) is 65.7. The van der Waals surface area contributed by atoms with Gasteiger partial charge in [-0.3, -0.25) is 0 Å². The summed E-state index contributed by atoms with van der Waals surface area (Å²) in [5.74, 6) is 1.91. The van der Waals surface area contributed by atoms with Gasteiger partial charge in [-0.1, -0.05) is 182 Å². The van der Waals surface area contributed by atoms with Crippen molar-refractivity contribution >= 4 is 21.5 Å². The monoisotopic (exact) mass is 637 g/mol. The smallest absolute Gasteiger partial charge is 0.164 e. The molecule has 0 aliphatic rings. The molecule has 0 aliphatic heterocycles. The zero-order valence-corrected chi connectivity index (χ0v) is 27.2. The third-order valence-electron chi connectivity index (χ3n) is 9.32. The van der Waals surface area contributed by atoms with E-state index in [9.17, 15) is 0 Å². The number of fused-ring (bicyclic) bond motifs is 2. The van der Waals surface area contributed by atoms with Crippen molar-refractivity contribution in [2.45, 2.75) is 0 Å². The fourth-order valence-electron chi connectivity index (χ4n) is 7.06. The van der Waals surface area contributed by atoms with Crippen LogP contribution in [0.15, 0.2) is 188 Å². The summed E-state index contributed by atoms with van der Waals surface area (Å²) in [6.07, 6.45) is 0. The van der Waals surface area contributed by atoms with E-state index in [4.69, 9.17) is 15.0 Å². The normalized spacial score (nSPS) is 11.2. The average Bonchev–Trinajstić information content (AvgIpc) is 3.20. The summed E-state index contributed by atoms with van der Waals surface area (Å²) in [4.78, 5) is 15.3. The van der Waals surface area contributed by atoms with Crippen molar-refractivity contribution in [3.8, 4) is 67.5 Å². The lowest BCUT2D eigenvalue weighted by Gasteiger charge is -2.18. The molecule has 0 unspecified atom stereocenters. The van der Waals surface area contributed by atoms with E-state index < -0.39 is 0 Å². The molecule has 0 N–H and O–H groups in total. The van der Waals surface area contributed by atoms with E-state index in [1.165, 1.54) is 38.2 Å². The molecule has 0 radical (unpaired) electrons. The summed E-state index contributed by atoms with van der Waals surface area (Å²) < 4.78 is 0. The lowest BCUT2D eigenvalue weighted by molar-refractivity contribution is 1.07. The molecule has 0 saturated carbocycles. The van der Waals surface area contributed by atoms with Crippen LogP contribution in [-0.4, -0.2) is 15.0 Å². The summed E-state index contributed by atoms with van der Waals surface area (Å²) in [5.41, 5.74) is 9.81. The van der Waals surface area contributed by atoms with E-state index >= 15 is 0 Å². The van der Waals surface area contributed by atoms with Crippen LogP contribution in [-0.2, 0) is 0 Å². The van der Waals surface area contributed by atoms with Gasteiger partial charge in [0.1, 0.15) is 0 Å². The van der Waals surface area contributed by atoms with Crippen LogP contribution >= 0.6 is 0 Å². The van der Waals surface area contributed by atoms with Gasteiger partial charge in [-0.05, 0) is 61.0 Å². The molecule has 8 aromatic carbocycles. The zero-order chi connectivity index (χ0) is 33.3. The number of aromatic nitrogens is 3. The highest BCUT2D eigenvalue weighted by Crippen LogP contribution is 2.44. The van der Waals surface area contributed by atoms with Crippen LogP contribution in [0.4, 0.5) is 0 Å². The van der Waals surface area contributed by atoms with Crippen LogP contribution in [0, 0.1) is 0 Å². The van der Waals surface area contributed by atoms with Crippen molar-refractivity contribution in [2.75, 3.05) is 0 Å². The predicted molar refractivity (Wildman–Crippen MR) is 207 cm³/mol. The number of hydrogen-bond acceptors (Lipinski definition) is 3. The lowest BCUT2D eigenvalue weighted by Crippen LogP contribution is -2.01. The molecule has 9 rings (SSSR count). The van der Waals surface area contributed by atoms with Crippen molar-refractivity contribution in [1.29, 1.82) is 0 Å². The van der Waals surface area contributed by atoms with Crippen molar-refractivity contribution in [2.24, 2.45) is 0 Å². The molecule has 0 fully saturated rings. The minimum Gasteiger partial charge on any atom is -0.208 e. The Kier molecular flexibility index (Phi) is 7.49. The molecule has 0 bridgehead atoms. The Morgan fingerprint density at radius 1 is 0.240 bits per heavy atom. The quantitative estimate of drug-likeness (QED) is 0.170. The first-order valence-corrected chi connectivity index (χ1v) is 16.9. The van der Waals surface area contributed by atoms with E-state index in [1.807, 2.05) is 30.3 Å². The Bertz CT molecular complexity index is 2580. The number of hydrogen-bond donors (Lipinski definition) is 0. The van der Waals surface area contributed by atoms with Gasteiger partial charge in [0.15, 0.2) is 17.5 Å². The average molecular weight is 638 g/mol. The maximum absolute atomic E-state index is 5.18. The molecule has 0 atom stereocenters. The number of benzene rings is 8. The molecular weight excluding hydrogens is 607 g/mol. The van der Waals surface area contributed by atoms with Gasteiger partial charge >= 0.3 is 0 Å². The summed E-state index contributed by atoms with van der Waals surface area (Å²) in [6.45, 7) is 0. The van der Waals surface area contributed by atoms with Crippen LogP contribution in [0.1, 0.15) is 0 Å². The van der Waals surface area contributed by atoms with Crippen molar-refractivity contribution in [1.82, 2.24) is 15.0 Å². The minimum atomic E-state index is 0.632. The Labute approximate surface area is 291 Å². The molecule has 234 valence electrons. The first kappa shape index (κ1) is 29.4. The molecule has 1 heterocycles. The molecule has 0 amide bonds. The first-order valence-electron chi connectivity index (χ1n) is 16.9. The zero-order valence-electron chi connectivity index (χ0n) is 27.2. The molecule has 3 nitrogen and oxygen atoms in total. The van der Waals surface area contributed by atoms with E-state index in [0.717, 1.165) is 33.4 Å². The predicted octanol–water partition coefficient (Wildman–Crippen LogP) is 12.2. The lowest BCUT2D eigenvalue weighted by atomic mass is 9.86. The second-order valence-corrected chi connectivity index (χ2v) is 12.4. The molecule has 1 aromatic heterocycles. The largest absolute Gasteiger partial charge is 0.208 e. The maximum atomic E-state index is 5.18. The van der Waals surface area contributed by atoms with Gasteiger partial charge < -0.3 is 0 Å².